The molecule has 0 radical (unpaired) electrons. The molecular formula is C24H20N4O2. The van der Waals surface area contributed by atoms with Crippen LogP contribution >= 0.6 is 0 Å². The van der Waals surface area contributed by atoms with Gasteiger partial charge < -0.3 is 20.1 Å². The zero-order chi connectivity index (χ0) is 20.2. The van der Waals surface area contributed by atoms with E-state index in [0.717, 1.165) is 34.0 Å². The van der Waals surface area contributed by atoms with Crippen LogP contribution in [-0.2, 0) is 6.54 Å². The van der Waals surface area contributed by atoms with Crippen molar-refractivity contribution < 1.29 is 9.47 Å². The number of nitrogens with one attached hydrogen (secondary N) is 2. The van der Waals surface area contributed by atoms with Gasteiger partial charge in [0.1, 0.15) is 5.82 Å². The molecule has 2 heterocycles. The monoisotopic (exact) mass is 396 g/mol. The Kier molecular flexibility index (Phi) is 4.88. The van der Waals surface area contributed by atoms with Crippen LogP contribution in [0.4, 0.5) is 17.5 Å². The Hall–Kier alpha value is -4.06. The van der Waals surface area contributed by atoms with Crippen LogP contribution in [0, 0.1) is 0 Å². The van der Waals surface area contributed by atoms with E-state index in [4.69, 9.17) is 14.5 Å². The third-order valence-electron chi connectivity index (χ3n) is 4.73. The topological polar surface area (TPSA) is 68.3 Å². The Morgan fingerprint density at radius 1 is 0.767 bits per heavy atom. The van der Waals surface area contributed by atoms with Gasteiger partial charge in [-0.1, -0.05) is 60.7 Å². The molecular weight excluding hydrogens is 376 g/mol. The van der Waals surface area contributed by atoms with Gasteiger partial charge in [0.2, 0.25) is 12.7 Å². The molecule has 6 heteroatoms. The van der Waals surface area contributed by atoms with Crippen molar-refractivity contribution in [2.75, 3.05) is 17.4 Å². The molecule has 1 aliphatic rings. The van der Waals surface area contributed by atoms with Gasteiger partial charge in [0.15, 0.2) is 11.5 Å². The first kappa shape index (κ1) is 18.0. The second-order valence-electron chi connectivity index (χ2n) is 6.86. The van der Waals surface area contributed by atoms with Gasteiger partial charge in [-0.2, -0.15) is 4.98 Å². The van der Waals surface area contributed by atoms with Crippen LogP contribution in [0.15, 0.2) is 84.9 Å². The van der Waals surface area contributed by atoms with Crippen LogP contribution in [0.3, 0.4) is 0 Å². The number of nitrogens with zero attached hydrogens (tertiary/aromatic N) is 2. The van der Waals surface area contributed by atoms with Gasteiger partial charge in [-0.3, -0.25) is 0 Å². The molecule has 6 nitrogen and oxygen atoms in total. The Morgan fingerprint density at radius 2 is 1.53 bits per heavy atom. The molecule has 3 aromatic carbocycles. The third kappa shape index (κ3) is 4.03. The predicted octanol–water partition coefficient (Wildman–Crippen LogP) is 5.23. The number of hydrogen-bond acceptors (Lipinski definition) is 6. The molecule has 0 saturated heterocycles. The lowest BCUT2D eigenvalue weighted by Crippen LogP contribution is -2.06. The van der Waals surface area contributed by atoms with Crippen molar-refractivity contribution in [1.82, 2.24) is 9.97 Å². The molecule has 0 spiro atoms. The first-order valence-corrected chi connectivity index (χ1v) is 9.72. The molecule has 30 heavy (non-hydrogen) atoms. The first-order chi connectivity index (χ1) is 14.8. The van der Waals surface area contributed by atoms with Crippen LogP contribution < -0.4 is 20.1 Å². The Labute approximate surface area is 174 Å². The fraction of sp³-hybridized carbons (Fsp3) is 0.0833. The summed E-state index contributed by atoms with van der Waals surface area (Å²) in [5, 5.41) is 6.69. The maximum Gasteiger partial charge on any atom is 0.231 e. The molecule has 0 unspecified atom stereocenters. The number of hydrogen-bond donors (Lipinski definition) is 2. The van der Waals surface area contributed by atoms with Crippen LogP contribution in [0.5, 0.6) is 11.5 Å². The van der Waals surface area contributed by atoms with Crippen LogP contribution in [0.1, 0.15) is 5.56 Å². The van der Waals surface area contributed by atoms with Crippen LogP contribution in [0.2, 0.25) is 0 Å². The van der Waals surface area contributed by atoms with E-state index in [2.05, 4.69) is 27.8 Å². The largest absolute Gasteiger partial charge is 0.454 e. The number of rotatable bonds is 6. The SMILES string of the molecule is c1ccc(CNc2nc(Nc3ccc4c(c3)OCO4)cc(-c3ccccc3)n2)cc1. The van der Waals surface area contributed by atoms with E-state index < -0.39 is 0 Å². The third-order valence-corrected chi connectivity index (χ3v) is 4.73. The predicted molar refractivity (Wildman–Crippen MR) is 117 cm³/mol. The number of ether oxygens (including phenoxy) is 2. The molecule has 0 atom stereocenters. The van der Waals surface area contributed by atoms with Crippen molar-refractivity contribution in [2.24, 2.45) is 0 Å². The summed E-state index contributed by atoms with van der Waals surface area (Å²) in [4.78, 5) is 9.37. The van der Waals surface area contributed by atoms with Crippen molar-refractivity contribution in [3.8, 4) is 22.8 Å². The minimum atomic E-state index is 0.248. The van der Waals surface area contributed by atoms with Gasteiger partial charge in [0.05, 0.1) is 5.69 Å². The summed E-state index contributed by atoms with van der Waals surface area (Å²) in [5.41, 5.74) is 3.89. The lowest BCUT2D eigenvalue weighted by atomic mass is 10.1. The van der Waals surface area contributed by atoms with Gasteiger partial charge in [-0.05, 0) is 17.7 Å². The molecule has 1 aliphatic heterocycles. The van der Waals surface area contributed by atoms with E-state index in [0.29, 0.717) is 18.3 Å². The summed E-state index contributed by atoms with van der Waals surface area (Å²) < 4.78 is 10.9. The molecule has 148 valence electrons. The number of fused-ring (bicyclic) bond motifs is 1. The van der Waals surface area contributed by atoms with Crippen molar-refractivity contribution in [2.45, 2.75) is 6.54 Å². The van der Waals surface area contributed by atoms with Gasteiger partial charge in [-0.25, -0.2) is 4.98 Å². The quantitative estimate of drug-likeness (QED) is 0.465. The van der Waals surface area contributed by atoms with Gasteiger partial charge in [0, 0.05) is 29.9 Å². The van der Waals surface area contributed by atoms with Crippen molar-refractivity contribution in [1.29, 1.82) is 0 Å². The van der Waals surface area contributed by atoms with Gasteiger partial charge >= 0.3 is 0 Å². The lowest BCUT2D eigenvalue weighted by Gasteiger charge is -2.12. The second-order valence-corrected chi connectivity index (χ2v) is 6.86. The highest BCUT2D eigenvalue weighted by Crippen LogP contribution is 2.35. The molecule has 5 rings (SSSR count). The van der Waals surface area contributed by atoms with Gasteiger partial charge in [-0.15, -0.1) is 0 Å². The van der Waals surface area contributed by atoms with E-state index in [1.165, 1.54) is 0 Å². The van der Waals surface area contributed by atoms with E-state index in [-0.39, 0.29) is 6.79 Å². The molecule has 2 N–H and O–H groups in total. The maximum absolute atomic E-state index is 5.47. The standard InChI is InChI=1S/C24H20N4O2/c1-3-7-17(8-4-1)15-25-24-27-20(18-9-5-2-6-10-18)14-23(28-24)26-19-11-12-21-22(13-19)30-16-29-21/h1-14H,15-16H2,(H2,25,26,27,28). The highest BCUT2D eigenvalue weighted by molar-refractivity contribution is 5.68. The maximum atomic E-state index is 5.47. The Bertz CT molecular complexity index is 1150. The van der Waals surface area contributed by atoms with Crippen LogP contribution in [-0.4, -0.2) is 16.8 Å². The van der Waals surface area contributed by atoms with Crippen molar-refractivity contribution in [3.05, 3.63) is 90.5 Å². The molecule has 1 aromatic heterocycles. The second kappa shape index (κ2) is 8.13. The number of aromatic nitrogens is 2. The Balaban J connectivity index is 1.44. The van der Waals surface area contributed by atoms with E-state index in [1.807, 2.05) is 72.8 Å². The van der Waals surface area contributed by atoms with E-state index in [1.54, 1.807) is 0 Å². The summed E-state index contributed by atoms with van der Waals surface area (Å²) >= 11 is 0. The summed E-state index contributed by atoms with van der Waals surface area (Å²) in [6, 6.07) is 27.9. The highest BCUT2D eigenvalue weighted by atomic mass is 16.7. The minimum absolute atomic E-state index is 0.248. The fourth-order valence-electron chi connectivity index (χ4n) is 3.25. The summed E-state index contributed by atoms with van der Waals surface area (Å²) in [6.07, 6.45) is 0. The molecule has 0 saturated carbocycles. The van der Waals surface area contributed by atoms with Crippen molar-refractivity contribution in [3.63, 3.8) is 0 Å². The average molecular weight is 396 g/mol. The molecule has 0 fully saturated rings. The van der Waals surface area contributed by atoms with Gasteiger partial charge in [0.25, 0.3) is 0 Å². The normalized spacial score (nSPS) is 11.9. The summed E-state index contributed by atoms with van der Waals surface area (Å²) in [5.74, 6) is 2.72. The fourth-order valence-corrected chi connectivity index (χ4v) is 3.25. The number of anilines is 3. The summed E-state index contributed by atoms with van der Waals surface area (Å²) in [6.45, 7) is 0.889. The molecule has 0 aliphatic carbocycles. The first-order valence-electron chi connectivity index (χ1n) is 9.72. The molecule has 4 aromatic rings. The number of benzene rings is 3. The zero-order valence-electron chi connectivity index (χ0n) is 16.2. The van der Waals surface area contributed by atoms with Crippen LogP contribution in [0.25, 0.3) is 11.3 Å². The van der Waals surface area contributed by atoms with E-state index in [9.17, 15) is 0 Å². The highest BCUT2D eigenvalue weighted by Gasteiger charge is 2.14. The van der Waals surface area contributed by atoms with E-state index >= 15 is 0 Å². The zero-order valence-corrected chi connectivity index (χ0v) is 16.2. The average Bonchev–Trinajstić information content (AvgIpc) is 3.27. The van der Waals surface area contributed by atoms with Crippen molar-refractivity contribution >= 4 is 17.5 Å². The Morgan fingerprint density at radius 3 is 2.37 bits per heavy atom. The summed E-state index contributed by atoms with van der Waals surface area (Å²) in [7, 11) is 0. The molecule has 0 bridgehead atoms. The minimum Gasteiger partial charge on any atom is -0.454 e. The molecule has 0 amide bonds. The smallest absolute Gasteiger partial charge is 0.231 e. The lowest BCUT2D eigenvalue weighted by molar-refractivity contribution is 0.174.